The van der Waals surface area contributed by atoms with Gasteiger partial charge in [0.15, 0.2) is 0 Å². The molecule has 0 N–H and O–H groups in total. The molecule has 5 aromatic rings. The number of fused-ring (bicyclic) bond motifs is 7. The molecule has 0 saturated carbocycles. The van der Waals surface area contributed by atoms with Gasteiger partial charge in [0.05, 0.1) is 5.69 Å². The second-order valence-electron chi connectivity index (χ2n) is 11.2. The summed E-state index contributed by atoms with van der Waals surface area (Å²) in [6.07, 6.45) is -0.564. The van der Waals surface area contributed by atoms with Gasteiger partial charge in [0.25, 0.3) is 8.32 Å². The summed E-state index contributed by atoms with van der Waals surface area (Å²) in [6.45, 7) is 7.22. The summed E-state index contributed by atoms with van der Waals surface area (Å²) in [5.41, 5.74) is 2.77. The van der Waals surface area contributed by atoms with Crippen LogP contribution in [0.4, 0.5) is 0 Å². The molecule has 4 aromatic carbocycles. The third kappa shape index (κ3) is 3.74. The molecule has 0 amide bonds. The summed E-state index contributed by atoms with van der Waals surface area (Å²) in [5.74, 6) is 0.899. The lowest BCUT2D eigenvalue weighted by Gasteiger charge is -2.36. The maximum Gasteiger partial charge on any atom is 0.278 e. The Balaban J connectivity index is 1.63. The fourth-order valence-electron chi connectivity index (χ4n) is 5.44. The van der Waals surface area contributed by atoms with Crippen LogP contribution < -0.4 is 9.61 Å². The van der Waals surface area contributed by atoms with Crippen molar-refractivity contribution in [3.8, 4) is 28.1 Å². The van der Waals surface area contributed by atoms with E-state index < -0.39 is 27.0 Å². The van der Waals surface area contributed by atoms with Gasteiger partial charge in [0.2, 0.25) is 0 Å². The number of pyridine rings is 1. The fourth-order valence-corrected chi connectivity index (χ4v) is 7.99. The number of benzene rings is 4. The zero-order chi connectivity index (χ0) is 29.5. The molecule has 6 rings (SSSR count). The Morgan fingerprint density at radius 3 is 2.44 bits per heavy atom. The molecule has 0 aliphatic carbocycles. The minimum absolute atomic E-state index is 0.0533. The number of nitrogens with zero attached hydrogens (tertiary/aromatic N) is 1. The summed E-state index contributed by atoms with van der Waals surface area (Å²) in [4.78, 5) is 4.63. The summed E-state index contributed by atoms with van der Waals surface area (Å²) < 4.78 is 49.3. The first-order valence-electron chi connectivity index (χ1n) is 14.9. The monoisotopic (exact) mass is 492 g/mol. The number of hydrogen-bond donors (Lipinski definition) is 0. The van der Waals surface area contributed by atoms with Crippen LogP contribution in [0.2, 0.25) is 13.1 Å². The van der Waals surface area contributed by atoms with E-state index in [4.69, 9.17) is 11.3 Å². The molecule has 0 atom stereocenters. The number of aryl methyl sites for hydroxylation is 1. The van der Waals surface area contributed by atoms with Crippen LogP contribution in [0.1, 0.15) is 38.8 Å². The second-order valence-corrected chi connectivity index (χ2v) is 14.9. The average molecular weight is 493 g/mol. The molecular formula is C33H33NOSi. The first-order chi connectivity index (χ1) is 19.1. The molecule has 0 bridgehead atoms. The van der Waals surface area contributed by atoms with E-state index in [0.29, 0.717) is 5.69 Å². The van der Waals surface area contributed by atoms with Crippen molar-refractivity contribution in [2.45, 2.75) is 47.1 Å². The van der Waals surface area contributed by atoms with Crippen molar-refractivity contribution < 1.29 is 11.3 Å². The van der Waals surface area contributed by atoms with Crippen LogP contribution in [0.3, 0.4) is 0 Å². The van der Waals surface area contributed by atoms with E-state index in [9.17, 15) is 0 Å². The van der Waals surface area contributed by atoms with Crippen molar-refractivity contribution >= 4 is 35.0 Å². The fraction of sp³-hybridized carbons (Fsp3) is 0.242. The number of hydrogen-bond acceptors (Lipinski definition) is 2. The molecule has 0 spiro atoms. The highest BCUT2D eigenvalue weighted by Crippen LogP contribution is 2.45. The van der Waals surface area contributed by atoms with Crippen molar-refractivity contribution in [1.82, 2.24) is 4.98 Å². The van der Waals surface area contributed by atoms with E-state index in [1.54, 1.807) is 26.8 Å². The van der Waals surface area contributed by atoms with Crippen LogP contribution >= 0.6 is 0 Å². The summed E-state index contributed by atoms with van der Waals surface area (Å²) in [6, 6.07) is 24.7. The van der Waals surface area contributed by atoms with Crippen LogP contribution in [-0.2, 0) is 6.37 Å². The maximum atomic E-state index is 8.98. The van der Waals surface area contributed by atoms with Gasteiger partial charge >= 0.3 is 0 Å². The zero-order valence-corrected chi connectivity index (χ0v) is 22.4. The summed E-state index contributed by atoms with van der Waals surface area (Å²) in [7, 11) is -2.59. The first-order valence-corrected chi connectivity index (χ1v) is 15.3. The Labute approximate surface area is 222 Å². The molecular weight excluding hydrogens is 454 g/mol. The highest BCUT2D eigenvalue weighted by Gasteiger charge is 2.39. The summed E-state index contributed by atoms with van der Waals surface area (Å²) >= 11 is 0. The lowest BCUT2D eigenvalue weighted by Crippen LogP contribution is -2.52. The molecule has 1 aromatic heterocycles. The van der Waals surface area contributed by atoms with Gasteiger partial charge in [-0.1, -0.05) is 87.5 Å². The van der Waals surface area contributed by atoms with Gasteiger partial charge in [0.1, 0.15) is 5.75 Å². The van der Waals surface area contributed by atoms with Crippen LogP contribution in [0.5, 0.6) is 5.75 Å². The van der Waals surface area contributed by atoms with Gasteiger partial charge in [-0.05, 0) is 75.8 Å². The largest absolute Gasteiger partial charge is 0.539 e. The van der Waals surface area contributed by atoms with E-state index in [2.05, 4.69) is 66.6 Å². The summed E-state index contributed by atoms with van der Waals surface area (Å²) in [5, 5.41) is 5.63. The van der Waals surface area contributed by atoms with Gasteiger partial charge in [-0.2, -0.15) is 0 Å². The van der Waals surface area contributed by atoms with Gasteiger partial charge < -0.3 is 4.43 Å². The average Bonchev–Trinajstić information content (AvgIpc) is 2.90. The molecule has 0 radical (unpaired) electrons. The molecule has 0 fully saturated rings. The van der Waals surface area contributed by atoms with Gasteiger partial charge in [0, 0.05) is 29.6 Å². The van der Waals surface area contributed by atoms with Crippen LogP contribution in [0.15, 0.2) is 79.0 Å². The predicted octanol–water partition coefficient (Wildman–Crippen LogP) is 8.42. The van der Waals surface area contributed by atoms with E-state index >= 15 is 0 Å². The standard InChI is InChI=1S/C33H33NOSi/c1-21-20-34-29(18-24(21)19-33(2,3)4)28-13-9-12-27-26-17-16-23-15-14-22-10-7-8-11-25(22)30(23)31(26)35-36(5,6)32(27)28/h7-18,20H,19H2,1-6H3/i1D3,19D2. The zero-order valence-electron chi connectivity index (χ0n) is 26.4. The molecule has 3 heteroatoms. The Kier molecular flexibility index (Phi) is 4.00. The third-order valence-corrected chi connectivity index (χ3v) is 9.32. The van der Waals surface area contributed by atoms with Gasteiger partial charge in [-0.3, -0.25) is 4.98 Å². The number of rotatable bonds is 2. The molecule has 0 saturated heterocycles. The van der Waals surface area contributed by atoms with E-state index in [1.165, 1.54) is 6.20 Å². The van der Waals surface area contributed by atoms with Crippen molar-refractivity contribution in [3.63, 3.8) is 0 Å². The maximum absolute atomic E-state index is 8.98. The van der Waals surface area contributed by atoms with Crippen LogP contribution in [0.25, 0.3) is 43.9 Å². The SMILES string of the molecule is [2H]C([2H])([2H])c1cnc(-c2cccc3c2[Si](C)(C)Oc2c-3ccc3ccc4ccccc4c23)cc1C([2H])([2H])C(C)(C)C. The Bertz CT molecular complexity index is 1850. The molecule has 0 unspecified atom stereocenters. The van der Waals surface area contributed by atoms with E-state index in [1.807, 2.05) is 18.2 Å². The van der Waals surface area contributed by atoms with E-state index in [-0.39, 0.29) is 11.1 Å². The quantitative estimate of drug-likeness (QED) is 0.182. The first kappa shape index (κ1) is 17.9. The minimum Gasteiger partial charge on any atom is -0.539 e. The van der Waals surface area contributed by atoms with Gasteiger partial charge in [-0.15, -0.1) is 0 Å². The van der Waals surface area contributed by atoms with Crippen molar-refractivity contribution in [2.75, 3.05) is 0 Å². The van der Waals surface area contributed by atoms with Crippen molar-refractivity contribution in [3.05, 3.63) is 90.1 Å². The molecule has 36 heavy (non-hydrogen) atoms. The second kappa shape index (κ2) is 8.04. The normalized spacial score (nSPS) is 17.2. The molecule has 2 heterocycles. The van der Waals surface area contributed by atoms with Crippen molar-refractivity contribution in [2.24, 2.45) is 5.41 Å². The Morgan fingerprint density at radius 1 is 0.889 bits per heavy atom. The molecule has 1 aliphatic rings. The molecule has 1 aliphatic heterocycles. The highest BCUT2D eigenvalue weighted by atomic mass is 28.4. The van der Waals surface area contributed by atoms with Crippen molar-refractivity contribution in [1.29, 1.82) is 0 Å². The topological polar surface area (TPSA) is 22.1 Å². The van der Waals surface area contributed by atoms with Gasteiger partial charge in [-0.25, -0.2) is 0 Å². The van der Waals surface area contributed by atoms with Crippen LogP contribution in [-0.4, -0.2) is 13.3 Å². The number of aromatic nitrogens is 1. The highest BCUT2D eigenvalue weighted by molar-refractivity contribution is 6.87. The smallest absolute Gasteiger partial charge is 0.278 e. The van der Waals surface area contributed by atoms with E-state index in [0.717, 1.165) is 49.2 Å². The van der Waals surface area contributed by atoms with Crippen LogP contribution in [0, 0.1) is 12.3 Å². The molecule has 180 valence electrons. The molecule has 2 nitrogen and oxygen atoms in total. The lowest BCUT2D eigenvalue weighted by molar-refractivity contribution is 0.410. The Hall–Kier alpha value is -3.43. The Morgan fingerprint density at radius 2 is 1.64 bits per heavy atom. The predicted molar refractivity (Wildman–Crippen MR) is 156 cm³/mol. The third-order valence-electron chi connectivity index (χ3n) is 6.87. The lowest BCUT2D eigenvalue weighted by atomic mass is 9.86. The minimum atomic E-state index is -2.59.